The highest BCUT2D eigenvalue weighted by Gasteiger charge is 2.33. The highest BCUT2D eigenvalue weighted by Crippen LogP contribution is 2.36. The molecule has 0 heterocycles. The van der Waals surface area contributed by atoms with Crippen molar-refractivity contribution in [2.75, 3.05) is 11.9 Å². The molecule has 6 heteroatoms. The minimum absolute atomic E-state index is 0.000648. The van der Waals surface area contributed by atoms with Crippen molar-refractivity contribution in [1.29, 1.82) is 0 Å². The van der Waals surface area contributed by atoms with Gasteiger partial charge in [0, 0.05) is 10.7 Å². The minimum atomic E-state index is -4.50. The van der Waals surface area contributed by atoms with Crippen molar-refractivity contribution in [3.05, 3.63) is 28.8 Å². The molecule has 0 aromatic heterocycles. The molecule has 0 saturated heterocycles. The van der Waals surface area contributed by atoms with Crippen LogP contribution in [0.5, 0.6) is 0 Å². The lowest BCUT2D eigenvalue weighted by molar-refractivity contribution is -0.137. The van der Waals surface area contributed by atoms with Gasteiger partial charge in [-0.25, -0.2) is 0 Å². The largest absolute Gasteiger partial charge is 0.418 e. The summed E-state index contributed by atoms with van der Waals surface area (Å²) in [5.74, 6) is -0.247. The molecule has 0 radical (unpaired) electrons. The first kappa shape index (κ1) is 12.8. The second kappa shape index (κ2) is 4.74. The van der Waals surface area contributed by atoms with Crippen LogP contribution < -0.4 is 5.32 Å². The van der Waals surface area contributed by atoms with E-state index in [9.17, 15) is 18.0 Å². The van der Waals surface area contributed by atoms with Crippen molar-refractivity contribution in [2.45, 2.75) is 13.1 Å². The lowest BCUT2D eigenvalue weighted by Gasteiger charge is -2.14. The number of rotatable bonds is 3. The van der Waals surface area contributed by atoms with Crippen LogP contribution in [0.4, 0.5) is 18.9 Å². The second-order valence-electron chi connectivity index (χ2n) is 3.24. The SMILES string of the molecule is CC(=O)CNc1ccc(Cl)cc1C(F)(F)F. The third kappa shape index (κ3) is 3.41. The summed E-state index contributed by atoms with van der Waals surface area (Å²) in [6.07, 6.45) is -4.50. The molecule has 0 bridgehead atoms. The molecule has 0 saturated carbocycles. The van der Waals surface area contributed by atoms with Gasteiger partial charge >= 0.3 is 6.18 Å². The number of nitrogens with one attached hydrogen (secondary N) is 1. The van der Waals surface area contributed by atoms with E-state index in [0.29, 0.717) is 0 Å². The van der Waals surface area contributed by atoms with E-state index in [1.807, 2.05) is 0 Å². The van der Waals surface area contributed by atoms with Crippen molar-refractivity contribution in [2.24, 2.45) is 0 Å². The van der Waals surface area contributed by atoms with Crippen LogP contribution in [0.25, 0.3) is 0 Å². The Hall–Kier alpha value is -1.23. The maximum absolute atomic E-state index is 12.6. The molecule has 0 fully saturated rings. The van der Waals surface area contributed by atoms with Gasteiger partial charge in [-0.3, -0.25) is 4.79 Å². The molecule has 1 aromatic rings. The van der Waals surface area contributed by atoms with Gasteiger partial charge in [0.05, 0.1) is 12.1 Å². The quantitative estimate of drug-likeness (QED) is 0.893. The third-order valence-corrected chi connectivity index (χ3v) is 2.05. The highest BCUT2D eigenvalue weighted by molar-refractivity contribution is 6.30. The number of carbonyl (C=O) groups is 1. The maximum atomic E-state index is 12.6. The number of hydrogen-bond acceptors (Lipinski definition) is 2. The number of halogens is 4. The van der Waals surface area contributed by atoms with E-state index in [-0.39, 0.29) is 23.0 Å². The second-order valence-corrected chi connectivity index (χ2v) is 3.68. The van der Waals surface area contributed by atoms with E-state index in [2.05, 4.69) is 5.32 Å². The molecule has 88 valence electrons. The summed E-state index contributed by atoms with van der Waals surface area (Å²) in [4.78, 5) is 10.7. The van der Waals surface area contributed by atoms with Gasteiger partial charge < -0.3 is 5.32 Å². The van der Waals surface area contributed by atoms with Crippen molar-refractivity contribution < 1.29 is 18.0 Å². The molecule has 0 aliphatic rings. The van der Waals surface area contributed by atoms with Gasteiger partial charge in [-0.15, -0.1) is 0 Å². The van der Waals surface area contributed by atoms with Crippen LogP contribution in [-0.4, -0.2) is 12.3 Å². The van der Waals surface area contributed by atoms with Gasteiger partial charge in [0.2, 0.25) is 0 Å². The van der Waals surface area contributed by atoms with E-state index in [1.54, 1.807) is 0 Å². The molecular weight excluding hydrogens is 243 g/mol. The molecule has 2 nitrogen and oxygen atoms in total. The first-order valence-electron chi connectivity index (χ1n) is 4.41. The van der Waals surface area contributed by atoms with Gasteiger partial charge in [0.25, 0.3) is 0 Å². The number of alkyl halides is 3. The summed E-state index contributed by atoms with van der Waals surface area (Å²) in [7, 11) is 0. The summed E-state index contributed by atoms with van der Waals surface area (Å²) in [5, 5.41) is 2.42. The topological polar surface area (TPSA) is 29.1 Å². The summed E-state index contributed by atoms with van der Waals surface area (Å²) in [5.41, 5.74) is -1.02. The van der Waals surface area contributed by atoms with Crippen LogP contribution in [0.2, 0.25) is 5.02 Å². The number of carbonyl (C=O) groups excluding carboxylic acids is 1. The zero-order chi connectivity index (χ0) is 12.3. The molecule has 0 spiro atoms. The molecule has 0 aliphatic heterocycles. The predicted octanol–water partition coefficient (Wildman–Crippen LogP) is 3.36. The number of ketones is 1. The van der Waals surface area contributed by atoms with Gasteiger partial charge in [-0.2, -0.15) is 13.2 Å². The standard InChI is InChI=1S/C10H9ClF3NO/c1-6(16)5-15-9-3-2-7(11)4-8(9)10(12,13)14/h2-4,15H,5H2,1H3. The number of anilines is 1. The van der Waals surface area contributed by atoms with Crippen LogP contribution >= 0.6 is 11.6 Å². The average Bonchev–Trinajstić information content (AvgIpc) is 2.14. The molecule has 1 aromatic carbocycles. The van der Waals surface area contributed by atoms with Crippen LogP contribution in [0, 0.1) is 0 Å². The Morgan fingerprint density at radius 2 is 2.06 bits per heavy atom. The van der Waals surface area contributed by atoms with Crippen LogP contribution in [0.3, 0.4) is 0 Å². The lowest BCUT2D eigenvalue weighted by atomic mass is 10.1. The molecule has 0 unspecified atom stereocenters. The Kier molecular flexibility index (Phi) is 3.80. The molecule has 0 amide bonds. The Bertz CT molecular complexity index is 404. The average molecular weight is 252 g/mol. The van der Waals surface area contributed by atoms with E-state index in [0.717, 1.165) is 6.07 Å². The molecule has 0 aliphatic carbocycles. The third-order valence-electron chi connectivity index (χ3n) is 1.81. The summed E-state index contributed by atoms with van der Waals surface area (Å²) in [6, 6.07) is 3.36. The monoisotopic (exact) mass is 251 g/mol. The van der Waals surface area contributed by atoms with E-state index in [4.69, 9.17) is 11.6 Å². The zero-order valence-electron chi connectivity index (χ0n) is 8.36. The summed E-state index contributed by atoms with van der Waals surface area (Å²) in [6.45, 7) is 1.14. The van der Waals surface area contributed by atoms with Crippen LogP contribution in [0.1, 0.15) is 12.5 Å². The Morgan fingerprint density at radius 1 is 1.44 bits per heavy atom. The molecule has 1 N–H and O–H groups in total. The highest BCUT2D eigenvalue weighted by atomic mass is 35.5. The summed E-state index contributed by atoms with van der Waals surface area (Å²) < 4.78 is 37.7. The van der Waals surface area contributed by atoms with Crippen molar-refractivity contribution >= 4 is 23.1 Å². The first-order chi connectivity index (χ1) is 7.30. The molecule has 0 atom stereocenters. The minimum Gasteiger partial charge on any atom is -0.377 e. The van der Waals surface area contributed by atoms with E-state index in [1.165, 1.54) is 19.1 Å². The zero-order valence-corrected chi connectivity index (χ0v) is 9.12. The molecule has 16 heavy (non-hydrogen) atoms. The Labute approximate surface area is 95.4 Å². The van der Waals surface area contributed by atoms with E-state index >= 15 is 0 Å². The predicted molar refractivity (Wildman–Crippen MR) is 55.6 cm³/mol. The van der Waals surface area contributed by atoms with Gasteiger partial charge in [0.15, 0.2) is 0 Å². The van der Waals surface area contributed by atoms with Crippen molar-refractivity contribution in [3.63, 3.8) is 0 Å². The van der Waals surface area contributed by atoms with Gasteiger partial charge in [-0.05, 0) is 25.1 Å². The normalized spacial score (nSPS) is 11.3. The number of benzene rings is 1. The molecule has 1 rings (SSSR count). The van der Waals surface area contributed by atoms with Gasteiger partial charge in [-0.1, -0.05) is 11.6 Å². The molecular formula is C10H9ClF3NO. The first-order valence-corrected chi connectivity index (χ1v) is 4.78. The van der Waals surface area contributed by atoms with Crippen LogP contribution in [0.15, 0.2) is 18.2 Å². The fraction of sp³-hybridized carbons (Fsp3) is 0.300. The number of hydrogen-bond donors (Lipinski definition) is 1. The fourth-order valence-corrected chi connectivity index (χ4v) is 1.30. The Balaban J connectivity index is 3.03. The fourth-order valence-electron chi connectivity index (χ4n) is 1.12. The van der Waals surface area contributed by atoms with E-state index < -0.39 is 11.7 Å². The summed E-state index contributed by atoms with van der Waals surface area (Å²) >= 11 is 5.49. The van der Waals surface area contributed by atoms with Crippen LogP contribution in [-0.2, 0) is 11.0 Å². The smallest absolute Gasteiger partial charge is 0.377 e. The maximum Gasteiger partial charge on any atom is 0.418 e. The Morgan fingerprint density at radius 3 is 2.56 bits per heavy atom. The van der Waals surface area contributed by atoms with Crippen molar-refractivity contribution in [1.82, 2.24) is 0 Å². The number of Topliss-reactive ketones (excluding diaryl/α,β-unsaturated/α-hetero) is 1. The lowest BCUT2D eigenvalue weighted by Crippen LogP contribution is -2.15. The van der Waals surface area contributed by atoms with Crippen molar-refractivity contribution in [3.8, 4) is 0 Å². The van der Waals surface area contributed by atoms with Gasteiger partial charge in [0.1, 0.15) is 5.78 Å².